The smallest absolute Gasteiger partial charge is 0.273 e. The monoisotopic (exact) mass is 436 g/mol. The maximum absolute atomic E-state index is 12.6. The lowest BCUT2D eigenvalue weighted by molar-refractivity contribution is 0.0956. The Labute approximate surface area is 170 Å². The number of nitrogens with zero attached hydrogens (tertiary/aromatic N) is 2. The molecular weight excluding hydrogens is 420 g/mol. The van der Waals surface area contributed by atoms with E-state index in [1.165, 1.54) is 6.20 Å². The molecule has 28 heavy (non-hydrogen) atoms. The Balaban J connectivity index is 1.75. The van der Waals surface area contributed by atoms with E-state index in [2.05, 4.69) is 36.8 Å². The summed E-state index contributed by atoms with van der Waals surface area (Å²) < 4.78 is 0.708. The van der Waals surface area contributed by atoms with Crippen molar-refractivity contribution >= 4 is 39.6 Å². The van der Waals surface area contributed by atoms with Crippen molar-refractivity contribution < 1.29 is 9.59 Å². The summed E-state index contributed by atoms with van der Waals surface area (Å²) in [6, 6.07) is 16.1. The number of hydrogen-bond donors (Lipinski definition) is 2. The fraction of sp³-hybridized carbons (Fsp3) is 0.0476. The molecule has 6 nitrogen and oxygen atoms in total. The first kappa shape index (κ1) is 19.4. The molecule has 0 fully saturated rings. The summed E-state index contributed by atoms with van der Waals surface area (Å²) >= 11 is 3.35. The summed E-state index contributed by atoms with van der Waals surface area (Å²) in [5.74, 6) is -0.793. The van der Waals surface area contributed by atoms with Gasteiger partial charge in [0.15, 0.2) is 0 Å². The van der Waals surface area contributed by atoms with E-state index in [4.69, 9.17) is 0 Å². The van der Waals surface area contributed by atoms with Crippen LogP contribution in [0.2, 0.25) is 0 Å². The van der Waals surface area contributed by atoms with Gasteiger partial charge in [-0.2, -0.15) is 5.10 Å². The highest BCUT2D eigenvalue weighted by atomic mass is 79.9. The number of amides is 2. The Morgan fingerprint density at radius 1 is 1.07 bits per heavy atom. The third-order valence-electron chi connectivity index (χ3n) is 3.86. The van der Waals surface area contributed by atoms with Crippen LogP contribution in [0.3, 0.4) is 0 Å². The summed E-state index contributed by atoms with van der Waals surface area (Å²) in [4.78, 5) is 28.9. The maximum Gasteiger partial charge on any atom is 0.273 e. The topological polar surface area (TPSA) is 83.5 Å². The van der Waals surface area contributed by atoms with Gasteiger partial charge in [0, 0.05) is 16.9 Å². The molecule has 2 amide bonds. The molecule has 1 heterocycles. The van der Waals surface area contributed by atoms with Gasteiger partial charge < -0.3 is 5.32 Å². The fourth-order valence-corrected chi connectivity index (χ4v) is 2.74. The zero-order chi connectivity index (χ0) is 19.9. The number of benzene rings is 2. The zero-order valence-electron chi connectivity index (χ0n) is 15.0. The molecule has 2 N–H and O–H groups in total. The molecule has 2 aromatic carbocycles. The Kier molecular flexibility index (Phi) is 6.29. The lowest BCUT2D eigenvalue weighted by Gasteiger charge is -2.10. The number of hydrogen-bond acceptors (Lipinski definition) is 4. The van der Waals surface area contributed by atoms with Gasteiger partial charge in [-0.3, -0.25) is 14.6 Å². The highest BCUT2D eigenvalue weighted by Gasteiger charge is 2.15. The molecule has 0 radical (unpaired) electrons. The molecule has 0 spiro atoms. The average molecular weight is 437 g/mol. The number of rotatable bonds is 5. The second-order valence-corrected chi connectivity index (χ2v) is 6.91. The van der Waals surface area contributed by atoms with E-state index in [-0.39, 0.29) is 11.5 Å². The first-order valence-electron chi connectivity index (χ1n) is 8.44. The van der Waals surface area contributed by atoms with Gasteiger partial charge in [0.2, 0.25) is 0 Å². The van der Waals surface area contributed by atoms with Crippen molar-refractivity contribution in [1.29, 1.82) is 0 Å². The number of carbonyl (C=O) groups is 2. The van der Waals surface area contributed by atoms with Gasteiger partial charge in [-0.15, -0.1) is 0 Å². The van der Waals surface area contributed by atoms with Gasteiger partial charge in [-0.25, -0.2) is 5.43 Å². The predicted octanol–water partition coefficient (Wildman–Crippen LogP) is 4.17. The van der Waals surface area contributed by atoms with E-state index in [9.17, 15) is 9.59 Å². The van der Waals surface area contributed by atoms with Crippen LogP contribution in [0, 0.1) is 6.92 Å². The summed E-state index contributed by atoms with van der Waals surface area (Å²) in [6.45, 7) is 2.00. The van der Waals surface area contributed by atoms with Gasteiger partial charge in [0.05, 0.1) is 23.0 Å². The predicted molar refractivity (Wildman–Crippen MR) is 113 cm³/mol. The third kappa shape index (κ3) is 5.11. The van der Waals surface area contributed by atoms with E-state index in [1.54, 1.807) is 42.7 Å². The summed E-state index contributed by atoms with van der Waals surface area (Å²) in [6.07, 6.45) is 4.60. The van der Waals surface area contributed by atoms with Crippen LogP contribution in [0.4, 0.5) is 5.69 Å². The lowest BCUT2D eigenvalue weighted by Crippen LogP contribution is -2.21. The van der Waals surface area contributed by atoms with E-state index >= 15 is 0 Å². The van der Waals surface area contributed by atoms with Crippen molar-refractivity contribution in [2.24, 2.45) is 5.10 Å². The number of hydrazone groups is 1. The van der Waals surface area contributed by atoms with Crippen LogP contribution < -0.4 is 10.7 Å². The summed E-state index contributed by atoms with van der Waals surface area (Å²) in [5, 5.41) is 6.73. The van der Waals surface area contributed by atoms with Gasteiger partial charge in [0.25, 0.3) is 11.8 Å². The highest BCUT2D eigenvalue weighted by Crippen LogP contribution is 2.22. The molecule has 140 valence electrons. The molecule has 0 saturated carbocycles. The minimum Gasteiger partial charge on any atom is -0.321 e. The largest absolute Gasteiger partial charge is 0.321 e. The molecule has 0 unspecified atom stereocenters. The standard InChI is InChI=1S/C21H17BrN4O2/c1-14-4-6-15(7-5-14)12-24-26-21(28)18-11-17(22)8-9-19(18)25-20(27)16-3-2-10-23-13-16/h2-13H,1H3,(H,25,27)(H,26,28)/b24-12+. The molecule has 0 aliphatic carbocycles. The molecule has 1 aromatic heterocycles. The molecule has 3 rings (SSSR count). The molecule has 3 aromatic rings. The summed E-state index contributed by atoms with van der Waals surface area (Å²) in [7, 11) is 0. The SMILES string of the molecule is Cc1ccc(/C=N/NC(=O)c2cc(Br)ccc2NC(=O)c2cccnc2)cc1. The second kappa shape index (κ2) is 9.05. The molecule has 0 saturated heterocycles. The second-order valence-electron chi connectivity index (χ2n) is 6.00. The number of pyridine rings is 1. The van der Waals surface area contributed by atoms with Crippen molar-refractivity contribution in [1.82, 2.24) is 10.4 Å². The van der Waals surface area contributed by atoms with Gasteiger partial charge in [0.1, 0.15) is 0 Å². The van der Waals surface area contributed by atoms with Crippen LogP contribution in [0.15, 0.2) is 76.6 Å². The van der Waals surface area contributed by atoms with Crippen LogP contribution in [0.1, 0.15) is 31.8 Å². The Morgan fingerprint density at radius 3 is 2.57 bits per heavy atom. The lowest BCUT2D eigenvalue weighted by atomic mass is 10.1. The number of carbonyl (C=O) groups excluding carboxylic acids is 2. The van der Waals surface area contributed by atoms with Crippen LogP contribution in [-0.2, 0) is 0 Å². The van der Waals surface area contributed by atoms with E-state index in [0.717, 1.165) is 11.1 Å². The number of aromatic nitrogens is 1. The van der Waals surface area contributed by atoms with Crippen LogP contribution in [0.25, 0.3) is 0 Å². The third-order valence-corrected chi connectivity index (χ3v) is 4.35. The van der Waals surface area contributed by atoms with Crippen LogP contribution in [0.5, 0.6) is 0 Å². The minimum absolute atomic E-state index is 0.285. The van der Waals surface area contributed by atoms with Gasteiger partial charge in [-0.05, 0) is 42.8 Å². The number of halogens is 1. The Morgan fingerprint density at radius 2 is 1.86 bits per heavy atom. The number of nitrogens with one attached hydrogen (secondary N) is 2. The van der Waals surface area contributed by atoms with Gasteiger partial charge in [-0.1, -0.05) is 45.8 Å². The van der Waals surface area contributed by atoms with Crippen LogP contribution >= 0.6 is 15.9 Å². The van der Waals surface area contributed by atoms with Gasteiger partial charge >= 0.3 is 0 Å². The number of aryl methyl sites for hydroxylation is 1. The molecule has 0 atom stereocenters. The normalized spacial score (nSPS) is 10.6. The average Bonchev–Trinajstić information content (AvgIpc) is 2.71. The van der Waals surface area contributed by atoms with Crippen molar-refractivity contribution in [3.63, 3.8) is 0 Å². The maximum atomic E-state index is 12.6. The molecule has 7 heteroatoms. The number of anilines is 1. The van der Waals surface area contributed by atoms with Crippen molar-refractivity contribution in [2.45, 2.75) is 6.92 Å². The van der Waals surface area contributed by atoms with Crippen LogP contribution in [-0.4, -0.2) is 23.0 Å². The fourth-order valence-electron chi connectivity index (χ4n) is 2.38. The van der Waals surface area contributed by atoms with E-state index < -0.39 is 5.91 Å². The highest BCUT2D eigenvalue weighted by molar-refractivity contribution is 9.10. The minimum atomic E-state index is -0.439. The van der Waals surface area contributed by atoms with E-state index in [0.29, 0.717) is 15.7 Å². The van der Waals surface area contributed by atoms with E-state index in [1.807, 2.05) is 31.2 Å². The Hall–Kier alpha value is -3.32. The van der Waals surface area contributed by atoms with Crippen molar-refractivity contribution in [2.75, 3.05) is 5.32 Å². The Bertz CT molecular complexity index is 1020. The molecular formula is C21H17BrN4O2. The zero-order valence-corrected chi connectivity index (χ0v) is 16.6. The first-order chi connectivity index (χ1) is 13.5. The van der Waals surface area contributed by atoms with Crippen molar-refractivity contribution in [3.8, 4) is 0 Å². The van der Waals surface area contributed by atoms with Crippen molar-refractivity contribution in [3.05, 3.63) is 93.7 Å². The quantitative estimate of drug-likeness (QED) is 0.464. The molecule has 0 aliphatic rings. The molecule has 0 bridgehead atoms. The molecule has 0 aliphatic heterocycles. The first-order valence-corrected chi connectivity index (χ1v) is 9.23. The summed E-state index contributed by atoms with van der Waals surface area (Å²) in [5.41, 5.74) is 5.55.